The molecule has 0 bridgehead atoms. The maximum absolute atomic E-state index is 12.2. The zero-order valence-electron chi connectivity index (χ0n) is 31.8. The molecule has 3 heterocycles. The van der Waals surface area contributed by atoms with Crippen molar-refractivity contribution in [3.05, 3.63) is 101 Å². The molecule has 0 aliphatic carbocycles. The molecule has 51 heavy (non-hydrogen) atoms. The van der Waals surface area contributed by atoms with Crippen molar-refractivity contribution in [3.63, 3.8) is 0 Å². The molecule has 6 aromatic rings. The number of ketones is 1. The van der Waals surface area contributed by atoms with Crippen molar-refractivity contribution in [3.8, 4) is 21.7 Å². The van der Waals surface area contributed by atoms with Crippen LogP contribution in [0.2, 0.25) is 0 Å². The van der Waals surface area contributed by atoms with E-state index in [9.17, 15) is 9.90 Å². The predicted molar refractivity (Wildman–Crippen MR) is 219 cm³/mol. The zero-order valence-corrected chi connectivity index (χ0v) is 35.8. The molecule has 0 aliphatic heterocycles. The predicted octanol–water partition coefficient (Wildman–Crippen LogP) is 14.1. The third-order valence-corrected chi connectivity index (χ3v) is 13.2. The van der Waals surface area contributed by atoms with E-state index in [1.54, 1.807) is 0 Å². The number of thiophene rings is 2. The summed E-state index contributed by atoms with van der Waals surface area (Å²) in [7, 11) is 0. The standard InChI is InChI=1S/C30H24NS2.C15H28O2.Ir/c1-18-27(23-11-7-8-12-25(23)32-18)26-17-20-13-14-31-28(29(20)33-26)21-15-19-9-5-6-10-22(19)24(16-21)30(2,3)4;1-7-14(5,8-2)12(16)11-13(17)15(6,9-3)10-4;/h5-14,16-17H,1-4H3;11,16H,7-10H2,1-6H3;/q-1;;/b;12-11-;. The summed E-state index contributed by atoms with van der Waals surface area (Å²) < 4.78 is 2.58. The van der Waals surface area contributed by atoms with Gasteiger partial charge in [-0.05, 0) is 61.6 Å². The van der Waals surface area contributed by atoms with E-state index in [1.807, 2.05) is 70.4 Å². The minimum Gasteiger partial charge on any atom is -0.512 e. The van der Waals surface area contributed by atoms with E-state index in [0.29, 0.717) is 0 Å². The van der Waals surface area contributed by atoms with Crippen LogP contribution in [0.25, 0.3) is 52.6 Å². The van der Waals surface area contributed by atoms with Crippen molar-refractivity contribution in [2.45, 2.75) is 100 Å². The van der Waals surface area contributed by atoms with Crippen LogP contribution in [0.3, 0.4) is 0 Å². The molecular formula is C45H52IrNO2S2-. The van der Waals surface area contributed by atoms with Gasteiger partial charge in [0.1, 0.15) is 5.76 Å². The Kier molecular flexibility index (Phi) is 12.9. The van der Waals surface area contributed by atoms with Crippen LogP contribution in [0.4, 0.5) is 0 Å². The minimum absolute atomic E-state index is 0. The summed E-state index contributed by atoms with van der Waals surface area (Å²) in [6.45, 7) is 21.1. The Balaban J connectivity index is 0.000000279. The maximum Gasteiger partial charge on any atom is 0.164 e. The summed E-state index contributed by atoms with van der Waals surface area (Å²) in [5, 5.41) is 15.1. The number of hydrogen-bond acceptors (Lipinski definition) is 5. The fraction of sp³-hybridized carbons (Fsp3) is 0.378. The normalized spacial score (nSPS) is 12.5. The smallest absolute Gasteiger partial charge is 0.164 e. The summed E-state index contributed by atoms with van der Waals surface area (Å²) >= 11 is 3.72. The van der Waals surface area contributed by atoms with Crippen LogP contribution in [-0.2, 0) is 30.3 Å². The molecule has 0 spiro atoms. The van der Waals surface area contributed by atoms with Gasteiger partial charge in [-0.15, -0.1) is 51.8 Å². The number of rotatable bonds is 9. The average Bonchev–Trinajstić information content (AvgIpc) is 3.69. The van der Waals surface area contributed by atoms with Crippen molar-refractivity contribution in [2.75, 3.05) is 0 Å². The summed E-state index contributed by atoms with van der Waals surface area (Å²) in [4.78, 5) is 19.7. The molecule has 0 saturated carbocycles. The van der Waals surface area contributed by atoms with Crippen LogP contribution in [0.1, 0.15) is 98.4 Å². The van der Waals surface area contributed by atoms with Crippen molar-refractivity contribution in [1.82, 2.24) is 4.98 Å². The summed E-state index contributed by atoms with van der Waals surface area (Å²) in [6, 6.07) is 27.7. The SMILES string of the molecule is CCC(C)(CC)C(=O)/C=C(\O)C(C)(CC)CC.Cc1sc2ccccc2c1-c1cc2ccnc(-c3[c-]c4ccccc4c(C(C)(C)C)c3)c2s1.[Ir]. The van der Waals surface area contributed by atoms with Crippen LogP contribution < -0.4 is 0 Å². The first kappa shape index (κ1) is 40.6. The van der Waals surface area contributed by atoms with Gasteiger partial charge in [-0.1, -0.05) is 110 Å². The Morgan fingerprint density at radius 1 is 0.824 bits per heavy atom. The molecule has 0 atom stereocenters. The Labute approximate surface area is 326 Å². The molecule has 3 aromatic heterocycles. The molecule has 0 aliphatic rings. The van der Waals surface area contributed by atoms with E-state index in [-0.39, 0.29) is 47.9 Å². The molecule has 3 nitrogen and oxygen atoms in total. The van der Waals surface area contributed by atoms with Crippen LogP contribution in [0, 0.1) is 23.8 Å². The Hall–Kier alpha value is -3.15. The summed E-state index contributed by atoms with van der Waals surface area (Å²) in [5.41, 5.74) is 4.23. The van der Waals surface area contributed by atoms with E-state index in [0.717, 1.165) is 42.3 Å². The fourth-order valence-corrected chi connectivity index (χ4v) is 8.83. The number of pyridine rings is 1. The third kappa shape index (κ3) is 8.25. The van der Waals surface area contributed by atoms with Gasteiger partial charge in [0.15, 0.2) is 5.78 Å². The number of aromatic nitrogens is 1. The van der Waals surface area contributed by atoms with Gasteiger partial charge in [-0.2, -0.15) is 0 Å². The number of hydrogen-bond donors (Lipinski definition) is 1. The van der Waals surface area contributed by atoms with E-state index >= 15 is 0 Å². The first-order chi connectivity index (χ1) is 23.7. The Morgan fingerprint density at radius 3 is 2.06 bits per heavy atom. The van der Waals surface area contributed by atoms with Crippen molar-refractivity contribution in [1.29, 1.82) is 0 Å². The van der Waals surface area contributed by atoms with Gasteiger partial charge in [-0.25, -0.2) is 0 Å². The molecule has 0 saturated heterocycles. The van der Waals surface area contributed by atoms with Gasteiger partial charge in [0.25, 0.3) is 0 Å². The van der Waals surface area contributed by atoms with Crippen LogP contribution in [0.15, 0.2) is 84.8 Å². The van der Waals surface area contributed by atoms with Gasteiger partial charge in [-0.3, -0.25) is 9.78 Å². The van der Waals surface area contributed by atoms with E-state index in [2.05, 4.69) is 100 Å². The molecule has 0 unspecified atom stereocenters. The third-order valence-electron chi connectivity index (χ3n) is 10.9. The number of aliphatic hydroxyl groups is 1. The molecule has 3 aromatic carbocycles. The summed E-state index contributed by atoms with van der Waals surface area (Å²) in [5.74, 6) is 0.286. The number of nitrogens with zero attached hydrogens (tertiary/aromatic N) is 1. The quantitative estimate of drug-likeness (QED) is 0.0894. The monoisotopic (exact) mass is 895 g/mol. The van der Waals surface area contributed by atoms with Crippen LogP contribution in [-0.4, -0.2) is 15.9 Å². The second-order valence-corrected chi connectivity index (χ2v) is 17.3. The zero-order chi connectivity index (χ0) is 36.4. The average molecular weight is 895 g/mol. The second-order valence-electron chi connectivity index (χ2n) is 15.0. The molecular weight excluding hydrogens is 843 g/mol. The van der Waals surface area contributed by atoms with Gasteiger partial charge in [0, 0.05) is 79.0 Å². The minimum atomic E-state index is -0.337. The molecule has 1 N–H and O–H groups in total. The van der Waals surface area contributed by atoms with Crippen molar-refractivity contribution in [2.24, 2.45) is 10.8 Å². The molecule has 6 heteroatoms. The maximum atomic E-state index is 12.2. The summed E-state index contributed by atoms with van der Waals surface area (Å²) in [6.07, 6.45) is 6.69. The fourth-order valence-electron chi connectivity index (χ4n) is 6.42. The molecule has 0 fully saturated rings. The molecule has 6 rings (SSSR count). The van der Waals surface area contributed by atoms with Gasteiger partial charge < -0.3 is 5.11 Å². The molecule has 271 valence electrons. The number of carbonyl (C=O) groups excluding carboxylic acids is 1. The number of aryl methyl sites for hydroxylation is 1. The number of allylic oxidation sites excluding steroid dienone is 2. The van der Waals surface area contributed by atoms with Gasteiger partial charge in [0.2, 0.25) is 0 Å². The first-order valence-electron chi connectivity index (χ1n) is 18.0. The number of carbonyl (C=O) groups is 1. The van der Waals surface area contributed by atoms with Crippen molar-refractivity contribution >= 4 is 59.4 Å². The van der Waals surface area contributed by atoms with E-state index < -0.39 is 0 Å². The van der Waals surface area contributed by atoms with Crippen molar-refractivity contribution < 1.29 is 30.0 Å². The second kappa shape index (κ2) is 16.3. The van der Waals surface area contributed by atoms with Gasteiger partial charge in [0.05, 0.1) is 0 Å². The van der Waals surface area contributed by atoms with Crippen LogP contribution in [0.5, 0.6) is 0 Å². The first-order valence-corrected chi connectivity index (χ1v) is 19.6. The molecule has 0 amide bonds. The van der Waals surface area contributed by atoms with E-state index in [1.165, 1.54) is 52.5 Å². The number of fused-ring (bicyclic) bond motifs is 3. The van der Waals surface area contributed by atoms with Crippen LogP contribution >= 0.6 is 22.7 Å². The topological polar surface area (TPSA) is 50.2 Å². The number of benzene rings is 3. The largest absolute Gasteiger partial charge is 0.512 e. The van der Waals surface area contributed by atoms with E-state index in [4.69, 9.17) is 4.98 Å². The number of aliphatic hydroxyl groups excluding tert-OH is 1. The molecule has 1 radical (unpaired) electrons. The van der Waals surface area contributed by atoms with Gasteiger partial charge >= 0.3 is 0 Å². The Bertz CT molecular complexity index is 2170. The Morgan fingerprint density at radius 2 is 1.43 bits per heavy atom.